The molecule has 74 valence electrons. The fourth-order valence-electron chi connectivity index (χ4n) is 0.354. The molecule has 0 nitrogen and oxygen atoms in total. The van der Waals surface area contributed by atoms with Gasteiger partial charge >= 0.3 is 0 Å². The van der Waals surface area contributed by atoms with Gasteiger partial charge in [0.25, 0.3) is 0 Å². The largest absolute Gasteiger partial charge is 0.103 e. The van der Waals surface area contributed by atoms with E-state index in [-0.39, 0.29) is 0 Å². The number of allylic oxidation sites excluding steroid dienone is 2. The summed E-state index contributed by atoms with van der Waals surface area (Å²) >= 11 is 0. The summed E-state index contributed by atoms with van der Waals surface area (Å²) in [6.07, 6.45) is 5.83. The molecule has 0 aromatic heterocycles. The molecule has 0 spiro atoms. The van der Waals surface area contributed by atoms with Gasteiger partial charge in [-0.25, -0.2) is 0 Å². The highest BCUT2D eigenvalue weighted by Gasteiger charge is 1.68. The second-order valence-electron chi connectivity index (χ2n) is 2.97. The minimum absolute atomic E-state index is 1.17. The molecule has 0 bridgehead atoms. The molecule has 0 heteroatoms. The van der Waals surface area contributed by atoms with Crippen LogP contribution in [0.2, 0.25) is 0 Å². The molecular formula is C12H26. The molecule has 0 aliphatic heterocycles. The van der Waals surface area contributed by atoms with Crippen LogP contribution in [0, 0.1) is 0 Å². The van der Waals surface area contributed by atoms with E-state index in [1.807, 2.05) is 20.8 Å². The van der Waals surface area contributed by atoms with Crippen LogP contribution in [-0.2, 0) is 0 Å². The zero-order valence-electron chi connectivity index (χ0n) is 9.61. The first kappa shape index (κ1) is 17.5. The maximum Gasteiger partial charge on any atom is -0.0445 e. The molecule has 12 heavy (non-hydrogen) atoms. The van der Waals surface area contributed by atoms with Gasteiger partial charge in [0.15, 0.2) is 0 Å². The quantitative estimate of drug-likeness (QED) is 0.513. The highest BCUT2D eigenvalue weighted by atomic mass is 13.7. The minimum atomic E-state index is 1.17. The SMILES string of the molecule is C=C(C)C.C=CC.CCCCC. The van der Waals surface area contributed by atoms with Gasteiger partial charge in [0.1, 0.15) is 0 Å². The van der Waals surface area contributed by atoms with Crippen molar-refractivity contribution in [3.05, 3.63) is 24.8 Å². The van der Waals surface area contributed by atoms with Crippen molar-refractivity contribution in [2.24, 2.45) is 0 Å². The topological polar surface area (TPSA) is 0 Å². The molecule has 0 fully saturated rings. The van der Waals surface area contributed by atoms with E-state index in [0.717, 1.165) is 0 Å². The third-order valence-electron chi connectivity index (χ3n) is 0.707. The molecule has 0 amide bonds. The molecule has 0 heterocycles. The molecule has 0 atom stereocenters. The van der Waals surface area contributed by atoms with E-state index >= 15 is 0 Å². The molecule has 0 radical (unpaired) electrons. The smallest absolute Gasteiger partial charge is 0.0445 e. The lowest BCUT2D eigenvalue weighted by molar-refractivity contribution is 0.772. The Balaban J connectivity index is -0.000000105. The average molecular weight is 170 g/mol. The standard InChI is InChI=1S/C5H12.C4H8.C3H6/c1-3-5-4-2;1-4(2)3;1-3-2/h3-5H2,1-2H3;1H2,2-3H3;3H,1H2,2H3. The van der Waals surface area contributed by atoms with Gasteiger partial charge in [-0.1, -0.05) is 44.8 Å². The monoisotopic (exact) mass is 170 g/mol. The van der Waals surface area contributed by atoms with Gasteiger partial charge in [-0.2, -0.15) is 0 Å². The van der Waals surface area contributed by atoms with Crippen LogP contribution in [-0.4, -0.2) is 0 Å². The van der Waals surface area contributed by atoms with E-state index in [9.17, 15) is 0 Å². The van der Waals surface area contributed by atoms with Gasteiger partial charge in [-0.05, 0) is 20.8 Å². The number of rotatable bonds is 2. The van der Waals surface area contributed by atoms with E-state index in [2.05, 4.69) is 27.0 Å². The summed E-state index contributed by atoms with van der Waals surface area (Å²) in [7, 11) is 0. The number of hydrogen-bond acceptors (Lipinski definition) is 0. The molecule has 0 aliphatic rings. The molecule has 0 unspecified atom stereocenters. The van der Waals surface area contributed by atoms with Crippen LogP contribution in [0.1, 0.15) is 53.9 Å². The van der Waals surface area contributed by atoms with Crippen molar-refractivity contribution in [1.29, 1.82) is 0 Å². The van der Waals surface area contributed by atoms with E-state index in [0.29, 0.717) is 0 Å². The summed E-state index contributed by atoms with van der Waals surface area (Å²) in [5.74, 6) is 0. The first-order chi connectivity index (χ1) is 5.56. The van der Waals surface area contributed by atoms with E-state index in [1.165, 1.54) is 24.8 Å². The Morgan fingerprint density at radius 2 is 1.33 bits per heavy atom. The van der Waals surface area contributed by atoms with Crippen molar-refractivity contribution in [2.75, 3.05) is 0 Å². The van der Waals surface area contributed by atoms with Crippen molar-refractivity contribution in [3.63, 3.8) is 0 Å². The first-order valence-electron chi connectivity index (χ1n) is 4.75. The second kappa shape index (κ2) is 22.4. The lowest BCUT2D eigenvalue weighted by atomic mass is 10.3. The van der Waals surface area contributed by atoms with Gasteiger partial charge in [-0.3, -0.25) is 0 Å². The predicted octanol–water partition coefficient (Wildman–Crippen LogP) is 4.97. The van der Waals surface area contributed by atoms with Crippen molar-refractivity contribution in [3.8, 4) is 0 Å². The van der Waals surface area contributed by atoms with Gasteiger partial charge in [-0.15, -0.1) is 13.2 Å². The van der Waals surface area contributed by atoms with Crippen LogP contribution in [0.15, 0.2) is 24.8 Å². The first-order valence-corrected chi connectivity index (χ1v) is 4.75. The molecule has 0 saturated carbocycles. The summed E-state index contributed by atoms with van der Waals surface area (Å²) in [5.41, 5.74) is 1.17. The van der Waals surface area contributed by atoms with E-state index < -0.39 is 0 Å². The minimum Gasteiger partial charge on any atom is -0.103 e. The Kier molecular flexibility index (Phi) is 32.8. The fourth-order valence-corrected chi connectivity index (χ4v) is 0.354. The van der Waals surface area contributed by atoms with Crippen LogP contribution in [0.25, 0.3) is 0 Å². The highest BCUT2D eigenvalue weighted by Crippen LogP contribution is 1.88. The zero-order valence-corrected chi connectivity index (χ0v) is 9.61. The summed E-state index contributed by atoms with van der Waals surface area (Å²) in [4.78, 5) is 0. The average Bonchev–Trinajstić information content (AvgIpc) is 1.89. The predicted molar refractivity (Wildman–Crippen MR) is 61.6 cm³/mol. The Hall–Kier alpha value is -0.520. The Morgan fingerprint density at radius 3 is 1.33 bits per heavy atom. The summed E-state index contributed by atoms with van der Waals surface area (Å²) < 4.78 is 0. The molecule has 0 aromatic carbocycles. The van der Waals surface area contributed by atoms with E-state index in [4.69, 9.17) is 0 Å². The third-order valence-corrected chi connectivity index (χ3v) is 0.707. The van der Waals surface area contributed by atoms with Crippen LogP contribution >= 0.6 is 0 Å². The fraction of sp³-hybridized carbons (Fsp3) is 0.667. The molecular weight excluding hydrogens is 144 g/mol. The van der Waals surface area contributed by atoms with Crippen LogP contribution < -0.4 is 0 Å². The molecule has 0 saturated heterocycles. The molecule has 0 N–H and O–H groups in total. The van der Waals surface area contributed by atoms with Crippen LogP contribution in [0.5, 0.6) is 0 Å². The van der Waals surface area contributed by atoms with Crippen molar-refractivity contribution in [1.82, 2.24) is 0 Å². The third kappa shape index (κ3) is 311. The van der Waals surface area contributed by atoms with Crippen molar-refractivity contribution >= 4 is 0 Å². The Bertz CT molecular complexity index is 74.0. The highest BCUT2D eigenvalue weighted by molar-refractivity contribution is 4.78. The lowest BCUT2D eigenvalue weighted by Crippen LogP contribution is -1.59. The van der Waals surface area contributed by atoms with Gasteiger partial charge < -0.3 is 0 Å². The molecule has 0 rings (SSSR count). The van der Waals surface area contributed by atoms with Crippen LogP contribution in [0.4, 0.5) is 0 Å². The zero-order chi connectivity index (χ0) is 10.4. The Labute approximate surface area is 79.4 Å². The molecule has 0 aromatic rings. The maximum absolute atomic E-state index is 3.56. The second-order valence-corrected chi connectivity index (χ2v) is 2.97. The van der Waals surface area contributed by atoms with Gasteiger partial charge in [0.05, 0.1) is 0 Å². The van der Waals surface area contributed by atoms with Crippen molar-refractivity contribution in [2.45, 2.75) is 53.9 Å². The summed E-state index contributed by atoms with van der Waals surface area (Å²) in [5, 5.41) is 0. The number of hydrogen-bond donors (Lipinski definition) is 0. The number of unbranched alkanes of at least 4 members (excludes halogenated alkanes) is 2. The normalized spacial score (nSPS) is 6.75. The van der Waals surface area contributed by atoms with Crippen LogP contribution in [0.3, 0.4) is 0 Å². The maximum atomic E-state index is 3.56. The molecule has 0 aliphatic carbocycles. The van der Waals surface area contributed by atoms with Crippen molar-refractivity contribution < 1.29 is 0 Å². The van der Waals surface area contributed by atoms with Gasteiger partial charge in [0, 0.05) is 0 Å². The lowest BCUT2D eigenvalue weighted by Gasteiger charge is -1.79. The summed E-state index contributed by atoms with van der Waals surface area (Å²) in [6, 6.07) is 0. The van der Waals surface area contributed by atoms with E-state index in [1.54, 1.807) is 6.08 Å². The Morgan fingerprint density at radius 1 is 1.17 bits per heavy atom. The summed E-state index contributed by atoms with van der Waals surface area (Å²) in [6.45, 7) is 17.2. The van der Waals surface area contributed by atoms with Gasteiger partial charge in [0.2, 0.25) is 0 Å².